The van der Waals surface area contributed by atoms with Crippen molar-refractivity contribution in [2.75, 3.05) is 5.32 Å². The van der Waals surface area contributed by atoms with Gasteiger partial charge in [0.1, 0.15) is 11.4 Å². The number of nitrogens with zero attached hydrogens (tertiary/aromatic N) is 3. The highest BCUT2D eigenvalue weighted by Gasteiger charge is 2.37. The van der Waals surface area contributed by atoms with E-state index in [0.717, 1.165) is 0 Å². The van der Waals surface area contributed by atoms with E-state index in [2.05, 4.69) is 10.4 Å². The fraction of sp³-hybridized carbons (Fsp3) is 0.389. The number of nitro benzene ring substituents is 1. The van der Waals surface area contributed by atoms with Crippen LogP contribution in [0, 0.1) is 10.1 Å². The van der Waals surface area contributed by atoms with Crippen LogP contribution in [-0.4, -0.2) is 32.4 Å². The SMILES string of the molecule is NC(=O)c1cnn(C2CCC(F)(F)CC2)c1NC(=O)Cc1ccccc1[N+](=O)[O-]. The summed E-state index contributed by atoms with van der Waals surface area (Å²) in [6.07, 6.45) is 0.457. The van der Waals surface area contributed by atoms with Gasteiger partial charge in [0.2, 0.25) is 11.8 Å². The number of rotatable bonds is 6. The van der Waals surface area contributed by atoms with Crippen LogP contribution in [0.3, 0.4) is 0 Å². The molecule has 3 rings (SSSR count). The van der Waals surface area contributed by atoms with Crippen LogP contribution in [0.1, 0.15) is 47.6 Å². The molecule has 0 unspecified atom stereocenters. The number of hydrogen-bond acceptors (Lipinski definition) is 5. The molecule has 1 fully saturated rings. The quantitative estimate of drug-likeness (QED) is 0.561. The van der Waals surface area contributed by atoms with Gasteiger partial charge in [-0.2, -0.15) is 5.10 Å². The molecule has 2 amide bonds. The number of nitrogens with two attached hydrogens (primary N) is 1. The number of nitrogens with one attached hydrogen (secondary N) is 1. The van der Waals surface area contributed by atoms with Crippen LogP contribution in [0.5, 0.6) is 0 Å². The molecule has 0 bridgehead atoms. The Kier molecular flexibility index (Phi) is 5.57. The summed E-state index contributed by atoms with van der Waals surface area (Å²) < 4.78 is 28.2. The van der Waals surface area contributed by atoms with Crippen molar-refractivity contribution in [3.05, 3.63) is 51.7 Å². The Morgan fingerprint density at radius 1 is 1.31 bits per heavy atom. The van der Waals surface area contributed by atoms with E-state index in [9.17, 15) is 28.5 Å². The van der Waals surface area contributed by atoms with Crippen molar-refractivity contribution in [3.63, 3.8) is 0 Å². The summed E-state index contributed by atoms with van der Waals surface area (Å²) >= 11 is 0. The molecular formula is C18H19F2N5O4. The lowest BCUT2D eigenvalue weighted by Gasteiger charge is -2.29. The van der Waals surface area contributed by atoms with Gasteiger partial charge in [0.25, 0.3) is 11.6 Å². The maximum Gasteiger partial charge on any atom is 0.273 e. The Balaban J connectivity index is 1.83. The Labute approximate surface area is 164 Å². The van der Waals surface area contributed by atoms with Crippen molar-refractivity contribution < 1.29 is 23.3 Å². The van der Waals surface area contributed by atoms with Gasteiger partial charge in [0, 0.05) is 24.5 Å². The molecule has 154 valence electrons. The zero-order valence-electron chi connectivity index (χ0n) is 15.3. The highest BCUT2D eigenvalue weighted by atomic mass is 19.3. The number of halogens is 2. The molecule has 0 saturated heterocycles. The lowest BCUT2D eigenvalue weighted by atomic mass is 9.92. The van der Waals surface area contributed by atoms with Gasteiger partial charge in [-0.25, -0.2) is 13.5 Å². The Bertz CT molecular complexity index is 949. The van der Waals surface area contributed by atoms with Crippen LogP contribution in [0.15, 0.2) is 30.5 Å². The molecule has 0 aliphatic heterocycles. The predicted octanol–water partition coefficient (Wildman–Crippen LogP) is 2.82. The third-order valence-electron chi connectivity index (χ3n) is 4.89. The molecule has 3 N–H and O–H groups in total. The summed E-state index contributed by atoms with van der Waals surface area (Å²) in [5.41, 5.74) is 5.27. The normalized spacial score (nSPS) is 16.3. The first-order valence-electron chi connectivity index (χ1n) is 8.95. The third-order valence-corrected chi connectivity index (χ3v) is 4.89. The van der Waals surface area contributed by atoms with E-state index in [1.54, 1.807) is 6.07 Å². The predicted molar refractivity (Wildman–Crippen MR) is 98.6 cm³/mol. The molecule has 1 aromatic carbocycles. The van der Waals surface area contributed by atoms with Crippen LogP contribution in [0.4, 0.5) is 20.3 Å². The number of primary amides is 1. The summed E-state index contributed by atoms with van der Waals surface area (Å²) in [5.74, 6) is -4.19. The van der Waals surface area contributed by atoms with Crippen molar-refractivity contribution >= 4 is 23.3 Å². The van der Waals surface area contributed by atoms with E-state index in [1.165, 1.54) is 29.1 Å². The largest absolute Gasteiger partial charge is 0.365 e. The van der Waals surface area contributed by atoms with Crippen LogP contribution >= 0.6 is 0 Å². The average Bonchev–Trinajstić information content (AvgIpc) is 3.05. The second-order valence-corrected chi connectivity index (χ2v) is 6.91. The zero-order chi connectivity index (χ0) is 21.2. The van der Waals surface area contributed by atoms with Gasteiger partial charge in [-0.1, -0.05) is 18.2 Å². The minimum absolute atomic E-state index is 0.0105. The number of para-hydroxylation sites is 1. The zero-order valence-corrected chi connectivity index (χ0v) is 15.3. The fourth-order valence-corrected chi connectivity index (χ4v) is 3.40. The number of alkyl halides is 2. The number of aromatic nitrogens is 2. The van der Waals surface area contributed by atoms with Crippen molar-refractivity contribution in [1.29, 1.82) is 0 Å². The molecule has 1 aliphatic rings. The fourth-order valence-electron chi connectivity index (χ4n) is 3.40. The molecule has 29 heavy (non-hydrogen) atoms. The molecule has 9 nitrogen and oxygen atoms in total. The monoisotopic (exact) mass is 407 g/mol. The van der Waals surface area contributed by atoms with Gasteiger partial charge < -0.3 is 11.1 Å². The maximum absolute atomic E-state index is 13.5. The molecule has 1 aliphatic carbocycles. The molecule has 0 spiro atoms. The lowest BCUT2D eigenvalue weighted by molar-refractivity contribution is -0.385. The summed E-state index contributed by atoms with van der Waals surface area (Å²) in [5, 5.41) is 17.7. The first-order chi connectivity index (χ1) is 13.7. The van der Waals surface area contributed by atoms with Crippen LogP contribution in [0.2, 0.25) is 0 Å². The number of benzene rings is 1. The van der Waals surface area contributed by atoms with Gasteiger partial charge in [-0.15, -0.1) is 0 Å². The van der Waals surface area contributed by atoms with Gasteiger partial charge in [-0.3, -0.25) is 19.7 Å². The standard InChI is InChI=1S/C18H19F2N5O4/c19-18(20)7-5-12(6-8-18)24-17(13(10-22-24)16(21)27)23-15(26)9-11-3-1-2-4-14(11)25(28)29/h1-4,10,12H,5-9H2,(H2,21,27)(H,23,26). The average molecular weight is 407 g/mol. The summed E-state index contributed by atoms with van der Waals surface area (Å²) in [6.45, 7) is 0. The molecule has 0 atom stereocenters. The molecule has 1 aromatic heterocycles. The minimum Gasteiger partial charge on any atom is -0.365 e. The summed E-state index contributed by atoms with van der Waals surface area (Å²) in [4.78, 5) is 34.8. The van der Waals surface area contributed by atoms with E-state index in [0.29, 0.717) is 0 Å². The van der Waals surface area contributed by atoms with E-state index in [-0.39, 0.29) is 54.7 Å². The number of carbonyl (C=O) groups excluding carboxylic acids is 2. The van der Waals surface area contributed by atoms with E-state index < -0.39 is 28.7 Å². The highest BCUT2D eigenvalue weighted by Crippen LogP contribution is 2.39. The van der Waals surface area contributed by atoms with E-state index >= 15 is 0 Å². The molecule has 11 heteroatoms. The Hall–Kier alpha value is -3.37. The maximum atomic E-state index is 13.5. The van der Waals surface area contributed by atoms with Crippen LogP contribution in [0.25, 0.3) is 0 Å². The first kappa shape index (κ1) is 20.4. The van der Waals surface area contributed by atoms with Crippen LogP contribution in [-0.2, 0) is 11.2 Å². The van der Waals surface area contributed by atoms with E-state index in [4.69, 9.17) is 5.73 Å². The van der Waals surface area contributed by atoms with Gasteiger partial charge in [0.05, 0.1) is 23.6 Å². The van der Waals surface area contributed by atoms with Gasteiger partial charge in [0.15, 0.2) is 0 Å². The van der Waals surface area contributed by atoms with Crippen LogP contribution < -0.4 is 11.1 Å². The van der Waals surface area contributed by atoms with Crippen molar-refractivity contribution in [2.24, 2.45) is 5.73 Å². The number of hydrogen-bond donors (Lipinski definition) is 2. The number of amides is 2. The van der Waals surface area contributed by atoms with Crippen molar-refractivity contribution in [1.82, 2.24) is 9.78 Å². The number of carbonyl (C=O) groups is 2. The summed E-state index contributed by atoms with van der Waals surface area (Å²) in [7, 11) is 0. The molecule has 2 aromatic rings. The Morgan fingerprint density at radius 3 is 2.59 bits per heavy atom. The number of nitro groups is 1. The second-order valence-electron chi connectivity index (χ2n) is 6.91. The smallest absolute Gasteiger partial charge is 0.273 e. The topological polar surface area (TPSA) is 133 Å². The molecule has 1 saturated carbocycles. The van der Waals surface area contributed by atoms with Gasteiger partial charge >= 0.3 is 0 Å². The van der Waals surface area contributed by atoms with Gasteiger partial charge in [-0.05, 0) is 12.8 Å². The molecule has 0 radical (unpaired) electrons. The highest BCUT2D eigenvalue weighted by molar-refractivity contribution is 6.02. The van der Waals surface area contributed by atoms with Crippen molar-refractivity contribution in [3.8, 4) is 0 Å². The third kappa shape index (κ3) is 4.55. The molecular weight excluding hydrogens is 388 g/mol. The lowest BCUT2D eigenvalue weighted by Crippen LogP contribution is -2.29. The molecule has 1 heterocycles. The second kappa shape index (κ2) is 7.94. The first-order valence-corrected chi connectivity index (χ1v) is 8.95. The minimum atomic E-state index is -2.74. The van der Waals surface area contributed by atoms with Crippen molar-refractivity contribution in [2.45, 2.75) is 44.1 Å². The summed E-state index contributed by atoms with van der Waals surface area (Å²) in [6, 6.07) is 5.36. The van der Waals surface area contributed by atoms with E-state index in [1.807, 2.05) is 0 Å². The Morgan fingerprint density at radius 2 is 1.97 bits per heavy atom. The number of anilines is 1.